The smallest absolute Gasteiger partial charge is 0.270 e. The first-order chi connectivity index (χ1) is 9.45. The predicted molar refractivity (Wildman–Crippen MR) is 77.0 cm³/mol. The van der Waals surface area contributed by atoms with Crippen LogP contribution in [0.5, 0.6) is 0 Å². The van der Waals surface area contributed by atoms with E-state index in [0.717, 1.165) is 11.2 Å². The maximum atomic E-state index is 10.8. The highest BCUT2D eigenvalue weighted by Gasteiger charge is 2.16. The SMILES string of the molecule is CN(C)C=Cc1c(C#N)c2cc([N+](=O)[O-])ccc2n1C. The summed E-state index contributed by atoms with van der Waals surface area (Å²) in [6.07, 6.45) is 3.66. The zero-order valence-electron chi connectivity index (χ0n) is 11.5. The molecule has 2 rings (SSSR count). The molecule has 1 aromatic carbocycles. The number of nitro groups is 1. The summed E-state index contributed by atoms with van der Waals surface area (Å²) in [4.78, 5) is 12.3. The third kappa shape index (κ3) is 2.21. The van der Waals surface area contributed by atoms with Gasteiger partial charge in [0.2, 0.25) is 0 Å². The highest BCUT2D eigenvalue weighted by Crippen LogP contribution is 2.29. The number of hydrogen-bond donors (Lipinski definition) is 0. The van der Waals surface area contributed by atoms with Gasteiger partial charge in [0.15, 0.2) is 0 Å². The lowest BCUT2D eigenvalue weighted by molar-refractivity contribution is -0.384. The minimum absolute atomic E-state index is 0.0114. The second-order valence-corrected chi connectivity index (χ2v) is 4.67. The lowest BCUT2D eigenvalue weighted by Gasteiger charge is -2.04. The summed E-state index contributed by atoms with van der Waals surface area (Å²) in [5.41, 5.74) is 1.97. The first-order valence-electron chi connectivity index (χ1n) is 5.97. The van der Waals surface area contributed by atoms with Crippen LogP contribution in [-0.4, -0.2) is 28.5 Å². The third-order valence-corrected chi connectivity index (χ3v) is 3.08. The number of benzene rings is 1. The number of nitro benzene ring substituents is 1. The Kier molecular flexibility index (Phi) is 3.44. The van der Waals surface area contributed by atoms with Crippen molar-refractivity contribution in [2.45, 2.75) is 0 Å². The first-order valence-corrected chi connectivity index (χ1v) is 5.97. The van der Waals surface area contributed by atoms with Crippen molar-refractivity contribution in [1.82, 2.24) is 9.47 Å². The summed E-state index contributed by atoms with van der Waals surface area (Å²) in [7, 11) is 5.61. The summed E-state index contributed by atoms with van der Waals surface area (Å²) >= 11 is 0. The Balaban J connectivity index is 2.74. The van der Waals surface area contributed by atoms with Crippen LogP contribution in [-0.2, 0) is 7.05 Å². The predicted octanol–water partition coefficient (Wildman–Crippen LogP) is 2.49. The maximum Gasteiger partial charge on any atom is 0.270 e. The van der Waals surface area contributed by atoms with Gasteiger partial charge in [0.1, 0.15) is 6.07 Å². The minimum Gasteiger partial charge on any atom is -0.383 e. The van der Waals surface area contributed by atoms with Gasteiger partial charge in [-0.2, -0.15) is 5.26 Å². The molecule has 0 saturated heterocycles. The molecule has 0 aliphatic carbocycles. The molecule has 0 amide bonds. The van der Waals surface area contributed by atoms with Crippen LogP contribution in [0.25, 0.3) is 17.0 Å². The number of rotatable bonds is 3. The molecule has 6 nitrogen and oxygen atoms in total. The van der Waals surface area contributed by atoms with Gasteiger partial charge in [0.05, 0.1) is 21.7 Å². The zero-order chi connectivity index (χ0) is 14.9. The summed E-state index contributed by atoms with van der Waals surface area (Å²) in [6, 6.07) is 6.70. The Bertz CT molecular complexity index is 751. The maximum absolute atomic E-state index is 10.8. The van der Waals surface area contributed by atoms with E-state index in [0.29, 0.717) is 10.9 Å². The second kappa shape index (κ2) is 5.05. The molecule has 2 aromatic rings. The van der Waals surface area contributed by atoms with E-state index in [-0.39, 0.29) is 5.69 Å². The summed E-state index contributed by atoms with van der Waals surface area (Å²) < 4.78 is 1.86. The van der Waals surface area contributed by atoms with Crippen molar-refractivity contribution in [2.24, 2.45) is 7.05 Å². The molecular weight excluding hydrogens is 256 g/mol. The van der Waals surface area contributed by atoms with E-state index in [1.54, 1.807) is 6.07 Å². The molecule has 0 saturated carbocycles. The Morgan fingerprint density at radius 1 is 1.45 bits per heavy atom. The molecule has 0 radical (unpaired) electrons. The number of non-ortho nitro benzene ring substituents is 1. The Hall–Kier alpha value is -2.81. The average Bonchev–Trinajstić information content (AvgIpc) is 2.68. The van der Waals surface area contributed by atoms with Crippen molar-refractivity contribution < 1.29 is 4.92 Å². The molecule has 6 heteroatoms. The highest BCUT2D eigenvalue weighted by molar-refractivity contribution is 5.92. The summed E-state index contributed by atoms with van der Waals surface area (Å²) in [5.74, 6) is 0. The molecule has 0 aliphatic rings. The van der Waals surface area contributed by atoms with Crippen LogP contribution in [0.4, 0.5) is 5.69 Å². The lowest BCUT2D eigenvalue weighted by atomic mass is 10.1. The van der Waals surface area contributed by atoms with Crippen LogP contribution < -0.4 is 0 Å². The largest absolute Gasteiger partial charge is 0.383 e. The van der Waals surface area contributed by atoms with Crippen LogP contribution in [0.2, 0.25) is 0 Å². The van der Waals surface area contributed by atoms with Crippen LogP contribution >= 0.6 is 0 Å². The van der Waals surface area contributed by atoms with Crippen molar-refractivity contribution in [3.05, 3.63) is 45.8 Å². The number of hydrogen-bond acceptors (Lipinski definition) is 4. The normalized spacial score (nSPS) is 10.9. The molecular formula is C14H14N4O2. The van der Waals surface area contributed by atoms with Gasteiger partial charge >= 0.3 is 0 Å². The van der Waals surface area contributed by atoms with Crippen LogP contribution in [0, 0.1) is 21.4 Å². The summed E-state index contributed by atoms with van der Waals surface area (Å²) in [6.45, 7) is 0. The average molecular weight is 270 g/mol. The molecule has 1 aromatic heterocycles. The van der Waals surface area contributed by atoms with E-state index < -0.39 is 4.92 Å². The fourth-order valence-electron chi connectivity index (χ4n) is 2.10. The number of aryl methyl sites for hydroxylation is 1. The molecule has 0 N–H and O–H groups in total. The molecule has 0 spiro atoms. The fourth-order valence-corrected chi connectivity index (χ4v) is 2.10. The van der Waals surface area contributed by atoms with E-state index in [1.807, 2.05) is 42.9 Å². The monoisotopic (exact) mass is 270 g/mol. The van der Waals surface area contributed by atoms with Gasteiger partial charge in [0, 0.05) is 44.9 Å². The van der Waals surface area contributed by atoms with E-state index in [9.17, 15) is 15.4 Å². The number of fused-ring (bicyclic) bond motifs is 1. The van der Waals surface area contributed by atoms with Crippen molar-refractivity contribution in [1.29, 1.82) is 5.26 Å². The molecule has 1 heterocycles. The van der Waals surface area contributed by atoms with Crippen LogP contribution in [0.3, 0.4) is 0 Å². The zero-order valence-corrected chi connectivity index (χ0v) is 11.5. The Morgan fingerprint density at radius 3 is 2.70 bits per heavy atom. The second-order valence-electron chi connectivity index (χ2n) is 4.67. The van der Waals surface area contributed by atoms with E-state index in [1.165, 1.54) is 12.1 Å². The van der Waals surface area contributed by atoms with E-state index >= 15 is 0 Å². The number of nitriles is 1. The first kappa shape index (κ1) is 13.6. The van der Waals surface area contributed by atoms with Gasteiger partial charge in [-0.25, -0.2) is 0 Å². The molecule has 0 fully saturated rings. The topological polar surface area (TPSA) is 75.1 Å². The highest BCUT2D eigenvalue weighted by atomic mass is 16.6. The van der Waals surface area contributed by atoms with Crippen molar-refractivity contribution in [3.8, 4) is 6.07 Å². The lowest BCUT2D eigenvalue weighted by Crippen LogP contribution is -2.01. The molecule has 0 aliphatic heterocycles. The number of aromatic nitrogens is 1. The molecule has 20 heavy (non-hydrogen) atoms. The van der Waals surface area contributed by atoms with Crippen LogP contribution in [0.1, 0.15) is 11.3 Å². The van der Waals surface area contributed by atoms with E-state index in [4.69, 9.17) is 0 Å². The molecule has 0 bridgehead atoms. The fraction of sp³-hybridized carbons (Fsp3) is 0.214. The molecule has 0 unspecified atom stereocenters. The van der Waals surface area contributed by atoms with Crippen molar-refractivity contribution in [2.75, 3.05) is 14.1 Å². The molecule has 102 valence electrons. The van der Waals surface area contributed by atoms with Crippen LogP contribution in [0.15, 0.2) is 24.4 Å². The van der Waals surface area contributed by atoms with E-state index in [2.05, 4.69) is 6.07 Å². The minimum atomic E-state index is -0.455. The van der Waals surface area contributed by atoms with Gasteiger partial charge < -0.3 is 9.47 Å². The standard InChI is InChI=1S/C14H14N4O2/c1-16(2)7-6-14-12(9-15)11-8-10(18(19)20)4-5-13(11)17(14)3/h4-8H,1-3H3. The molecule has 0 atom stereocenters. The Morgan fingerprint density at radius 2 is 2.15 bits per heavy atom. The van der Waals surface area contributed by atoms with Gasteiger partial charge in [-0.1, -0.05) is 0 Å². The van der Waals surface area contributed by atoms with Gasteiger partial charge in [0.25, 0.3) is 5.69 Å². The number of nitrogens with zero attached hydrogens (tertiary/aromatic N) is 4. The van der Waals surface area contributed by atoms with Gasteiger partial charge in [-0.05, 0) is 12.1 Å². The van der Waals surface area contributed by atoms with Crippen molar-refractivity contribution in [3.63, 3.8) is 0 Å². The quantitative estimate of drug-likeness (QED) is 0.634. The third-order valence-electron chi connectivity index (χ3n) is 3.08. The van der Waals surface area contributed by atoms with Gasteiger partial charge in [-0.15, -0.1) is 0 Å². The van der Waals surface area contributed by atoms with Crippen molar-refractivity contribution >= 4 is 22.7 Å². The Labute approximate surface area is 116 Å². The summed E-state index contributed by atoms with van der Waals surface area (Å²) in [5, 5.41) is 20.8. The van der Waals surface area contributed by atoms with Gasteiger partial charge in [-0.3, -0.25) is 10.1 Å².